The number of thiophene rings is 1. The van der Waals surface area contributed by atoms with Crippen molar-refractivity contribution in [2.45, 2.75) is 0 Å². The van der Waals surface area contributed by atoms with Gasteiger partial charge in [0.05, 0.1) is 0 Å². The molecule has 0 spiro atoms. The molecule has 0 aliphatic heterocycles. The highest BCUT2D eigenvalue weighted by Gasteiger charge is 2.17. The largest absolute Gasteiger partial charge is 0.310 e. The molecule has 0 aliphatic rings. The minimum absolute atomic E-state index is 1.11. The minimum atomic E-state index is 1.11. The topological polar surface area (TPSA) is 3.24 Å². The van der Waals surface area contributed by atoms with Crippen LogP contribution in [0.15, 0.2) is 224 Å². The first-order valence-electron chi connectivity index (χ1n) is 20.6. The molecule has 2 heteroatoms. The SMILES string of the molecule is c1cc(-c2ccc(N(c3ccc(-c4ccc5c6ccccc6c6ccccc6c5c4)cc3)c3ccc4sc5ccccc5c4c3)cc2)cc(-c2cccc3ccccc23)c1. The number of hydrogen-bond donors (Lipinski definition) is 0. The number of anilines is 3. The molecule has 0 N–H and O–H groups in total. The minimum Gasteiger partial charge on any atom is -0.310 e. The Kier molecular flexibility index (Phi) is 8.11. The molecular weight excluding hydrogens is 743 g/mol. The van der Waals surface area contributed by atoms with Gasteiger partial charge in [0.2, 0.25) is 0 Å². The van der Waals surface area contributed by atoms with E-state index < -0.39 is 0 Å². The summed E-state index contributed by atoms with van der Waals surface area (Å²) in [6.45, 7) is 0. The third-order valence-corrected chi connectivity index (χ3v) is 13.4. The van der Waals surface area contributed by atoms with Gasteiger partial charge in [-0.25, -0.2) is 0 Å². The highest BCUT2D eigenvalue weighted by molar-refractivity contribution is 7.25. The van der Waals surface area contributed by atoms with E-state index in [2.05, 4.69) is 229 Å². The third kappa shape index (κ3) is 5.76. The lowest BCUT2D eigenvalue weighted by molar-refractivity contribution is 1.29. The lowest BCUT2D eigenvalue weighted by Crippen LogP contribution is -2.09. The maximum Gasteiger partial charge on any atom is 0.0468 e. The zero-order valence-electron chi connectivity index (χ0n) is 32.7. The molecule has 0 fully saturated rings. The van der Waals surface area contributed by atoms with Gasteiger partial charge in [-0.1, -0.05) is 164 Å². The summed E-state index contributed by atoms with van der Waals surface area (Å²) in [5.74, 6) is 0. The van der Waals surface area contributed by atoms with Crippen molar-refractivity contribution in [1.82, 2.24) is 0 Å². The fraction of sp³-hybridized carbons (Fsp3) is 0. The summed E-state index contributed by atoms with van der Waals surface area (Å²) in [6, 6.07) is 82.5. The predicted molar refractivity (Wildman–Crippen MR) is 260 cm³/mol. The van der Waals surface area contributed by atoms with Crippen molar-refractivity contribution in [3.63, 3.8) is 0 Å². The van der Waals surface area contributed by atoms with Gasteiger partial charge < -0.3 is 4.90 Å². The lowest BCUT2D eigenvalue weighted by atomic mass is 9.92. The van der Waals surface area contributed by atoms with Gasteiger partial charge in [-0.05, 0) is 137 Å². The summed E-state index contributed by atoms with van der Waals surface area (Å²) >= 11 is 1.86. The van der Waals surface area contributed by atoms with Crippen LogP contribution in [0.5, 0.6) is 0 Å². The Balaban J connectivity index is 0.948. The Morgan fingerprint density at radius 3 is 1.43 bits per heavy atom. The van der Waals surface area contributed by atoms with Gasteiger partial charge in [-0.15, -0.1) is 11.3 Å². The Labute approximate surface area is 352 Å². The van der Waals surface area contributed by atoms with Crippen LogP contribution in [-0.2, 0) is 0 Å². The average Bonchev–Trinajstić information content (AvgIpc) is 3.70. The first kappa shape index (κ1) is 34.5. The monoisotopic (exact) mass is 779 g/mol. The smallest absolute Gasteiger partial charge is 0.0468 e. The van der Waals surface area contributed by atoms with Gasteiger partial charge in [0.15, 0.2) is 0 Å². The molecule has 60 heavy (non-hydrogen) atoms. The van der Waals surface area contributed by atoms with Crippen molar-refractivity contribution in [1.29, 1.82) is 0 Å². The Bertz CT molecular complexity index is 3560. The van der Waals surface area contributed by atoms with Gasteiger partial charge in [-0.3, -0.25) is 0 Å². The van der Waals surface area contributed by atoms with Crippen molar-refractivity contribution in [3.8, 4) is 33.4 Å². The van der Waals surface area contributed by atoms with Crippen LogP contribution < -0.4 is 4.90 Å². The fourth-order valence-electron chi connectivity index (χ4n) is 9.34. The van der Waals surface area contributed by atoms with E-state index in [1.165, 1.54) is 96.6 Å². The van der Waals surface area contributed by atoms with Gasteiger partial charge in [-0.2, -0.15) is 0 Å². The van der Waals surface area contributed by atoms with Crippen LogP contribution in [0.3, 0.4) is 0 Å². The highest BCUT2D eigenvalue weighted by Crippen LogP contribution is 2.43. The van der Waals surface area contributed by atoms with Crippen LogP contribution >= 0.6 is 11.3 Å². The molecule has 0 unspecified atom stereocenters. The van der Waals surface area contributed by atoms with Crippen LogP contribution in [0.4, 0.5) is 17.1 Å². The number of rotatable bonds is 6. The van der Waals surface area contributed by atoms with E-state index in [1.807, 2.05) is 11.3 Å². The van der Waals surface area contributed by atoms with E-state index in [9.17, 15) is 0 Å². The van der Waals surface area contributed by atoms with Crippen LogP contribution in [-0.4, -0.2) is 0 Å². The van der Waals surface area contributed by atoms with Gasteiger partial charge >= 0.3 is 0 Å². The molecule has 0 bridgehead atoms. The molecule has 12 rings (SSSR count). The zero-order chi connectivity index (χ0) is 39.6. The molecule has 1 aromatic heterocycles. The Morgan fingerprint density at radius 2 is 0.733 bits per heavy atom. The molecule has 0 saturated carbocycles. The maximum atomic E-state index is 2.39. The fourth-order valence-corrected chi connectivity index (χ4v) is 10.4. The number of benzene rings is 11. The first-order valence-corrected chi connectivity index (χ1v) is 21.4. The molecule has 0 amide bonds. The quantitative estimate of drug-likeness (QED) is 0.152. The van der Waals surface area contributed by atoms with Crippen LogP contribution in [0.2, 0.25) is 0 Å². The molecule has 0 atom stereocenters. The number of nitrogens with zero attached hydrogens (tertiary/aromatic N) is 1. The van der Waals surface area contributed by atoms with Crippen molar-refractivity contribution in [3.05, 3.63) is 224 Å². The first-order chi connectivity index (χ1) is 29.7. The number of fused-ring (bicyclic) bond motifs is 10. The van der Waals surface area contributed by atoms with E-state index in [1.54, 1.807) is 0 Å². The molecule has 0 saturated heterocycles. The third-order valence-electron chi connectivity index (χ3n) is 12.2. The molecular formula is C58H37NS. The lowest BCUT2D eigenvalue weighted by Gasteiger charge is -2.26. The molecule has 0 radical (unpaired) electrons. The van der Waals surface area contributed by atoms with Crippen LogP contribution in [0.1, 0.15) is 0 Å². The summed E-state index contributed by atoms with van der Waals surface area (Å²) in [6.07, 6.45) is 0. The zero-order valence-corrected chi connectivity index (χ0v) is 33.5. The van der Waals surface area contributed by atoms with E-state index in [0.717, 1.165) is 17.1 Å². The summed E-state index contributed by atoms with van der Waals surface area (Å²) < 4.78 is 2.61. The second-order valence-electron chi connectivity index (χ2n) is 15.7. The predicted octanol–water partition coefficient (Wildman–Crippen LogP) is 17.1. The summed E-state index contributed by atoms with van der Waals surface area (Å²) in [4.78, 5) is 2.39. The summed E-state index contributed by atoms with van der Waals surface area (Å²) in [5, 5.41) is 12.9. The van der Waals surface area contributed by atoms with E-state index in [4.69, 9.17) is 0 Å². The molecule has 1 heterocycles. The molecule has 280 valence electrons. The molecule has 0 aliphatic carbocycles. The van der Waals surface area contributed by atoms with Crippen molar-refractivity contribution in [2.75, 3.05) is 4.90 Å². The van der Waals surface area contributed by atoms with Crippen LogP contribution in [0.25, 0.3) is 96.6 Å². The van der Waals surface area contributed by atoms with Crippen molar-refractivity contribution in [2.24, 2.45) is 0 Å². The second kappa shape index (κ2) is 14.1. The molecule has 12 aromatic rings. The van der Waals surface area contributed by atoms with E-state index in [-0.39, 0.29) is 0 Å². The summed E-state index contributed by atoms with van der Waals surface area (Å²) in [7, 11) is 0. The van der Waals surface area contributed by atoms with E-state index >= 15 is 0 Å². The van der Waals surface area contributed by atoms with Gasteiger partial charge in [0.25, 0.3) is 0 Å². The molecule has 1 nitrogen and oxygen atoms in total. The highest BCUT2D eigenvalue weighted by atomic mass is 32.1. The normalized spacial score (nSPS) is 11.7. The summed E-state index contributed by atoms with van der Waals surface area (Å²) in [5.41, 5.74) is 10.6. The van der Waals surface area contributed by atoms with Crippen molar-refractivity contribution >= 4 is 91.7 Å². The van der Waals surface area contributed by atoms with Crippen LogP contribution in [0, 0.1) is 0 Å². The molecule has 11 aromatic carbocycles. The second-order valence-corrected chi connectivity index (χ2v) is 16.8. The van der Waals surface area contributed by atoms with Gasteiger partial charge in [0, 0.05) is 37.2 Å². The maximum absolute atomic E-state index is 2.39. The van der Waals surface area contributed by atoms with Crippen molar-refractivity contribution < 1.29 is 0 Å². The average molecular weight is 780 g/mol. The van der Waals surface area contributed by atoms with Gasteiger partial charge in [0.1, 0.15) is 0 Å². The Hall–Kier alpha value is -7.52. The Morgan fingerprint density at radius 1 is 0.250 bits per heavy atom. The van der Waals surface area contributed by atoms with E-state index in [0.29, 0.717) is 0 Å². The number of hydrogen-bond acceptors (Lipinski definition) is 2. The standard InChI is InChI=1S/C58H37NS/c1-2-15-47-40(11-1)12-10-21-48(47)43-14-9-13-41(35-43)38-23-28-44(29-24-38)59(46-32-34-58-56(37-46)54-20-7-8-22-57(54)60-58)45-30-25-39(26-31-45)42-27-33-53-51-18-4-3-16-49(51)50-17-5-6-19-52(50)55(53)36-42/h1-37H.